The van der Waals surface area contributed by atoms with E-state index in [4.69, 9.17) is 9.84 Å². The van der Waals surface area contributed by atoms with Gasteiger partial charge in [0.1, 0.15) is 0 Å². The van der Waals surface area contributed by atoms with Crippen molar-refractivity contribution in [2.45, 2.75) is 63.0 Å². The molecule has 0 radical (unpaired) electrons. The molecule has 2 aliphatic carbocycles. The second-order valence-corrected chi connectivity index (χ2v) is 5.88. The molecule has 0 aromatic carbocycles. The van der Waals surface area contributed by atoms with E-state index in [2.05, 4.69) is 5.32 Å². The van der Waals surface area contributed by atoms with Gasteiger partial charge in [-0.25, -0.2) is 0 Å². The van der Waals surface area contributed by atoms with E-state index in [0.717, 1.165) is 38.5 Å². The first-order chi connectivity index (χ1) is 9.04. The van der Waals surface area contributed by atoms with Crippen LogP contribution in [0.5, 0.6) is 0 Å². The third kappa shape index (κ3) is 3.47. The Morgan fingerprint density at radius 1 is 1.32 bits per heavy atom. The Kier molecular flexibility index (Phi) is 4.45. The fraction of sp³-hybridized carbons (Fsp3) is 0.857. The molecular formula is C14H23NO4. The highest BCUT2D eigenvalue weighted by Crippen LogP contribution is 2.38. The number of hydrogen-bond acceptors (Lipinski definition) is 3. The third-order valence-corrected chi connectivity index (χ3v) is 4.57. The number of carboxylic acid groups (broad SMARTS) is 1. The third-order valence-electron chi connectivity index (χ3n) is 4.57. The summed E-state index contributed by atoms with van der Waals surface area (Å²) in [6.07, 6.45) is 6.44. The second kappa shape index (κ2) is 5.90. The van der Waals surface area contributed by atoms with Crippen LogP contribution in [-0.2, 0) is 14.3 Å². The Balaban J connectivity index is 1.80. The minimum absolute atomic E-state index is 0.00223. The van der Waals surface area contributed by atoms with E-state index < -0.39 is 5.97 Å². The summed E-state index contributed by atoms with van der Waals surface area (Å²) in [6, 6.07) is 0.0105. The number of rotatable bonds is 5. The molecule has 2 aliphatic rings. The van der Waals surface area contributed by atoms with E-state index in [1.54, 1.807) is 7.11 Å². The van der Waals surface area contributed by atoms with Gasteiger partial charge >= 0.3 is 5.97 Å². The molecule has 1 amide bonds. The van der Waals surface area contributed by atoms with Gasteiger partial charge in [-0.3, -0.25) is 9.59 Å². The maximum atomic E-state index is 12.0. The molecule has 0 bridgehead atoms. The van der Waals surface area contributed by atoms with Crippen molar-refractivity contribution in [1.82, 2.24) is 5.32 Å². The van der Waals surface area contributed by atoms with Gasteiger partial charge in [0.25, 0.3) is 0 Å². The molecule has 2 saturated carbocycles. The Labute approximate surface area is 113 Å². The molecule has 5 heteroatoms. The summed E-state index contributed by atoms with van der Waals surface area (Å²) >= 11 is 0. The predicted molar refractivity (Wildman–Crippen MR) is 69.7 cm³/mol. The van der Waals surface area contributed by atoms with Crippen molar-refractivity contribution < 1.29 is 19.4 Å². The molecule has 0 spiro atoms. The minimum atomic E-state index is -0.744. The lowest BCUT2D eigenvalue weighted by Crippen LogP contribution is -2.47. The SMILES string of the molecule is COC1(CC(=O)NC2CCCC(C(=O)O)C2)CCC1. The molecule has 19 heavy (non-hydrogen) atoms. The molecule has 0 aromatic heterocycles. The maximum absolute atomic E-state index is 12.0. The van der Waals surface area contributed by atoms with E-state index in [-0.39, 0.29) is 23.5 Å². The van der Waals surface area contributed by atoms with E-state index in [0.29, 0.717) is 12.8 Å². The van der Waals surface area contributed by atoms with E-state index in [1.807, 2.05) is 0 Å². The fourth-order valence-electron chi connectivity index (χ4n) is 3.14. The number of nitrogens with one attached hydrogen (secondary N) is 1. The molecule has 0 saturated heterocycles. The highest BCUT2D eigenvalue weighted by Gasteiger charge is 2.39. The number of carbonyl (C=O) groups is 2. The van der Waals surface area contributed by atoms with Crippen LogP contribution in [-0.4, -0.2) is 35.7 Å². The number of amides is 1. The topological polar surface area (TPSA) is 75.6 Å². The number of carbonyl (C=O) groups excluding carboxylic acids is 1. The number of hydrogen-bond donors (Lipinski definition) is 2. The zero-order chi connectivity index (χ0) is 13.9. The summed E-state index contributed by atoms with van der Waals surface area (Å²) in [4.78, 5) is 23.0. The molecule has 2 unspecified atom stereocenters. The van der Waals surface area contributed by atoms with Gasteiger partial charge in [-0.2, -0.15) is 0 Å². The largest absolute Gasteiger partial charge is 0.481 e. The number of carboxylic acids is 1. The average Bonchev–Trinajstić information content (AvgIpc) is 2.34. The minimum Gasteiger partial charge on any atom is -0.481 e. The lowest BCUT2D eigenvalue weighted by atomic mass is 9.77. The Bertz CT molecular complexity index is 346. The number of aliphatic carboxylic acids is 1. The molecule has 2 rings (SSSR count). The zero-order valence-corrected chi connectivity index (χ0v) is 11.5. The average molecular weight is 269 g/mol. The molecule has 0 heterocycles. The lowest BCUT2D eigenvalue weighted by Gasteiger charge is -2.40. The first-order valence-corrected chi connectivity index (χ1v) is 7.12. The van der Waals surface area contributed by atoms with Gasteiger partial charge in [-0.15, -0.1) is 0 Å². The summed E-state index contributed by atoms with van der Waals surface area (Å²) in [6.45, 7) is 0. The summed E-state index contributed by atoms with van der Waals surface area (Å²) in [7, 11) is 1.66. The van der Waals surface area contributed by atoms with Crippen LogP contribution < -0.4 is 5.32 Å². The molecule has 2 atom stereocenters. The predicted octanol–water partition coefficient (Wildman–Crippen LogP) is 1.71. The van der Waals surface area contributed by atoms with Crippen LogP contribution in [0.4, 0.5) is 0 Å². The Morgan fingerprint density at radius 3 is 2.58 bits per heavy atom. The Morgan fingerprint density at radius 2 is 2.05 bits per heavy atom. The first kappa shape index (κ1) is 14.3. The summed E-state index contributed by atoms with van der Waals surface area (Å²) in [5.41, 5.74) is -0.259. The molecule has 0 aliphatic heterocycles. The van der Waals surface area contributed by atoms with Crippen molar-refractivity contribution in [2.24, 2.45) is 5.92 Å². The smallest absolute Gasteiger partial charge is 0.306 e. The highest BCUT2D eigenvalue weighted by molar-refractivity contribution is 5.77. The highest BCUT2D eigenvalue weighted by atomic mass is 16.5. The van der Waals surface area contributed by atoms with Gasteiger partial charge in [0.15, 0.2) is 0 Å². The quantitative estimate of drug-likeness (QED) is 0.796. The van der Waals surface area contributed by atoms with E-state index in [1.165, 1.54) is 0 Å². The fourth-order valence-corrected chi connectivity index (χ4v) is 3.14. The van der Waals surface area contributed by atoms with Crippen molar-refractivity contribution in [2.75, 3.05) is 7.11 Å². The molecule has 2 N–H and O–H groups in total. The summed E-state index contributed by atoms with van der Waals surface area (Å²) < 4.78 is 5.44. The van der Waals surface area contributed by atoms with Crippen LogP contribution in [0.3, 0.4) is 0 Å². The molecule has 108 valence electrons. The van der Waals surface area contributed by atoms with Gasteiger partial charge < -0.3 is 15.2 Å². The van der Waals surface area contributed by atoms with Gasteiger partial charge in [0.05, 0.1) is 17.9 Å². The van der Waals surface area contributed by atoms with Crippen molar-refractivity contribution in [3.8, 4) is 0 Å². The number of methoxy groups -OCH3 is 1. The lowest BCUT2D eigenvalue weighted by molar-refractivity contribution is -0.144. The van der Waals surface area contributed by atoms with Crippen LogP contribution in [0.1, 0.15) is 51.4 Å². The molecular weight excluding hydrogens is 246 g/mol. The molecule has 0 aromatic rings. The standard InChI is InChI=1S/C14H23NO4/c1-19-14(6-3-7-14)9-12(16)15-11-5-2-4-10(8-11)13(17)18/h10-11H,2-9H2,1H3,(H,15,16)(H,17,18). The van der Waals surface area contributed by atoms with Crippen LogP contribution in [0.2, 0.25) is 0 Å². The zero-order valence-electron chi connectivity index (χ0n) is 11.5. The molecule has 5 nitrogen and oxygen atoms in total. The second-order valence-electron chi connectivity index (χ2n) is 5.88. The van der Waals surface area contributed by atoms with Crippen molar-refractivity contribution in [1.29, 1.82) is 0 Å². The van der Waals surface area contributed by atoms with Crippen LogP contribution >= 0.6 is 0 Å². The monoisotopic (exact) mass is 269 g/mol. The van der Waals surface area contributed by atoms with E-state index in [9.17, 15) is 9.59 Å². The maximum Gasteiger partial charge on any atom is 0.306 e. The Hall–Kier alpha value is -1.10. The van der Waals surface area contributed by atoms with Gasteiger partial charge in [-0.05, 0) is 38.5 Å². The molecule has 2 fully saturated rings. The van der Waals surface area contributed by atoms with E-state index >= 15 is 0 Å². The van der Waals surface area contributed by atoms with Crippen molar-refractivity contribution in [3.63, 3.8) is 0 Å². The van der Waals surface area contributed by atoms with Crippen molar-refractivity contribution in [3.05, 3.63) is 0 Å². The van der Waals surface area contributed by atoms with Crippen LogP contribution in [0.15, 0.2) is 0 Å². The number of ether oxygens (including phenoxy) is 1. The van der Waals surface area contributed by atoms with Crippen molar-refractivity contribution >= 4 is 11.9 Å². The van der Waals surface area contributed by atoms with Crippen LogP contribution in [0, 0.1) is 5.92 Å². The van der Waals surface area contributed by atoms with Gasteiger partial charge in [-0.1, -0.05) is 6.42 Å². The van der Waals surface area contributed by atoms with Gasteiger partial charge in [0.2, 0.25) is 5.91 Å². The van der Waals surface area contributed by atoms with Gasteiger partial charge in [0, 0.05) is 13.2 Å². The van der Waals surface area contributed by atoms with Crippen LogP contribution in [0.25, 0.3) is 0 Å². The summed E-state index contributed by atoms with van der Waals surface area (Å²) in [5.74, 6) is -1.05. The normalized spacial score (nSPS) is 29.3. The summed E-state index contributed by atoms with van der Waals surface area (Å²) in [5, 5.41) is 12.0. The first-order valence-electron chi connectivity index (χ1n) is 7.12.